The van der Waals surface area contributed by atoms with Crippen molar-refractivity contribution in [2.24, 2.45) is 10.9 Å². The molecular weight excluding hydrogens is 513 g/mol. The number of nitrogens with zero attached hydrogens (tertiary/aromatic N) is 3. The predicted molar refractivity (Wildman–Crippen MR) is 144 cm³/mol. The highest BCUT2D eigenvalue weighted by Gasteiger charge is 2.14. The van der Waals surface area contributed by atoms with Gasteiger partial charge in [0.15, 0.2) is 5.96 Å². The number of pyridine rings is 1. The number of aliphatic imine (C=N–C) groups is 1. The van der Waals surface area contributed by atoms with Crippen LogP contribution in [0.1, 0.15) is 44.2 Å². The van der Waals surface area contributed by atoms with Crippen LogP contribution in [0.4, 0.5) is 0 Å². The largest absolute Gasteiger partial charge is 0.357 e. The number of rotatable bonds is 9. The van der Waals surface area contributed by atoms with Crippen LogP contribution in [0.5, 0.6) is 0 Å². The third kappa shape index (κ3) is 8.94. The number of likely N-dealkylation sites (tertiary alicyclic amines) is 1. The van der Waals surface area contributed by atoms with E-state index in [1.807, 2.05) is 12.3 Å². The summed E-state index contributed by atoms with van der Waals surface area (Å²) in [5.41, 5.74) is 2.29. The first-order chi connectivity index (χ1) is 15.1. The number of nitrogens with one attached hydrogen (secondary N) is 2. The Labute approximate surface area is 209 Å². The summed E-state index contributed by atoms with van der Waals surface area (Å²) in [6.45, 7) is 11.1. The van der Waals surface area contributed by atoms with Gasteiger partial charge in [0.2, 0.25) is 0 Å². The van der Waals surface area contributed by atoms with Crippen molar-refractivity contribution < 1.29 is 0 Å². The van der Waals surface area contributed by atoms with Gasteiger partial charge in [-0.2, -0.15) is 0 Å². The van der Waals surface area contributed by atoms with Crippen molar-refractivity contribution >= 4 is 29.9 Å². The fourth-order valence-electron chi connectivity index (χ4n) is 3.85. The van der Waals surface area contributed by atoms with Gasteiger partial charge in [-0.15, -0.1) is 24.0 Å². The van der Waals surface area contributed by atoms with Crippen LogP contribution >= 0.6 is 24.0 Å². The van der Waals surface area contributed by atoms with E-state index in [2.05, 4.69) is 53.6 Å². The van der Waals surface area contributed by atoms with E-state index in [0.29, 0.717) is 13.1 Å². The van der Waals surface area contributed by atoms with Crippen LogP contribution in [0.3, 0.4) is 0 Å². The molecular formula is C25H38IN5O. The zero-order valence-electron chi connectivity index (χ0n) is 19.4. The van der Waals surface area contributed by atoms with Gasteiger partial charge in [0.1, 0.15) is 0 Å². The highest BCUT2D eigenvalue weighted by atomic mass is 127. The monoisotopic (exact) mass is 551 g/mol. The Morgan fingerprint density at radius 3 is 2.47 bits per heavy atom. The second kappa shape index (κ2) is 14.3. The van der Waals surface area contributed by atoms with E-state index in [9.17, 15) is 4.79 Å². The lowest BCUT2D eigenvalue weighted by Gasteiger charge is -2.30. The quantitative estimate of drug-likeness (QED) is 0.216. The summed E-state index contributed by atoms with van der Waals surface area (Å²) in [4.78, 5) is 19.2. The molecule has 0 saturated carbocycles. The summed E-state index contributed by atoms with van der Waals surface area (Å²) in [5.74, 6) is 1.76. The molecule has 1 aromatic heterocycles. The van der Waals surface area contributed by atoms with Gasteiger partial charge >= 0.3 is 0 Å². The van der Waals surface area contributed by atoms with E-state index in [-0.39, 0.29) is 29.5 Å². The second-order valence-corrected chi connectivity index (χ2v) is 8.48. The van der Waals surface area contributed by atoms with Gasteiger partial charge in [-0.3, -0.25) is 4.79 Å². The lowest BCUT2D eigenvalue weighted by molar-refractivity contribution is 0.191. The summed E-state index contributed by atoms with van der Waals surface area (Å²) in [5, 5.41) is 6.80. The van der Waals surface area contributed by atoms with Crippen molar-refractivity contribution in [1.29, 1.82) is 0 Å². The van der Waals surface area contributed by atoms with Crippen molar-refractivity contribution in [2.45, 2.75) is 46.2 Å². The van der Waals surface area contributed by atoms with Crippen LogP contribution < -0.4 is 16.2 Å². The second-order valence-electron chi connectivity index (χ2n) is 8.48. The Bertz CT molecular complexity index is 872. The van der Waals surface area contributed by atoms with Gasteiger partial charge in [-0.1, -0.05) is 37.3 Å². The van der Waals surface area contributed by atoms with Gasteiger partial charge < -0.3 is 20.1 Å². The molecule has 2 heterocycles. The molecule has 32 heavy (non-hydrogen) atoms. The molecule has 0 aliphatic carbocycles. The Morgan fingerprint density at radius 1 is 1.06 bits per heavy atom. The SMILES string of the molecule is CCNC(=NCc1ccc(Cn2ccccc2=O)cc1)NCCCN1CCC(C)CC1.I. The first-order valence-electron chi connectivity index (χ1n) is 11.6. The molecule has 1 aliphatic heterocycles. The first-order valence-corrected chi connectivity index (χ1v) is 11.6. The number of hydrogen-bond donors (Lipinski definition) is 2. The highest BCUT2D eigenvalue weighted by molar-refractivity contribution is 14.0. The smallest absolute Gasteiger partial charge is 0.250 e. The van der Waals surface area contributed by atoms with Crippen LogP contribution in [0.2, 0.25) is 0 Å². The maximum absolute atomic E-state index is 11.9. The van der Waals surface area contributed by atoms with Crippen molar-refractivity contribution in [3.8, 4) is 0 Å². The van der Waals surface area contributed by atoms with Crippen LogP contribution in [0.25, 0.3) is 0 Å². The van der Waals surface area contributed by atoms with Crippen LogP contribution in [-0.2, 0) is 13.1 Å². The van der Waals surface area contributed by atoms with E-state index in [1.165, 1.54) is 25.9 Å². The van der Waals surface area contributed by atoms with E-state index in [0.717, 1.165) is 49.1 Å². The van der Waals surface area contributed by atoms with Gasteiger partial charge in [0, 0.05) is 25.4 Å². The number of guanidine groups is 1. The fraction of sp³-hybridized carbons (Fsp3) is 0.520. The van der Waals surface area contributed by atoms with Crippen molar-refractivity contribution in [2.75, 3.05) is 32.7 Å². The van der Waals surface area contributed by atoms with E-state index >= 15 is 0 Å². The average Bonchev–Trinajstić information content (AvgIpc) is 2.78. The molecule has 7 heteroatoms. The molecule has 176 valence electrons. The molecule has 1 aliphatic rings. The first kappa shape index (κ1) is 26.4. The lowest BCUT2D eigenvalue weighted by Crippen LogP contribution is -2.39. The molecule has 1 saturated heterocycles. The van der Waals surface area contributed by atoms with Crippen LogP contribution in [0.15, 0.2) is 58.4 Å². The molecule has 6 nitrogen and oxygen atoms in total. The number of halogens is 1. The van der Waals surface area contributed by atoms with Gasteiger partial charge in [0.25, 0.3) is 5.56 Å². The van der Waals surface area contributed by atoms with Gasteiger partial charge in [0.05, 0.1) is 13.1 Å². The van der Waals surface area contributed by atoms with Crippen LogP contribution in [-0.4, -0.2) is 48.2 Å². The molecule has 0 unspecified atom stereocenters. The summed E-state index contributed by atoms with van der Waals surface area (Å²) < 4.78 is 1.71. The molecule has 1 aromatic carbocycles. The minimum absolute atomic E-state index is 0. The number of aromatic nitrogens is 1. The molecule has 1 fully saturated rings. The van der Waals surface area contributed by atoms with Gasteiger partial charge in [-0.05, 0) is 68.9 Å². The van der Waals surface area contributed by atoms with E-state index < -0.39 is 0 Å². The minimum Gasteiger partial charge on any atom is -0.357 e. The lowest BCUT2D eigenvalue weighted by atomic mass is 9.99. The third-order valence-electron chi connectivity index (χ3n) is 5.86. The van der Waals surface area contributed by atoms with Crippen molar-refractivity contribution in [1.82, 2.24) is 20.1 Å². The summed E-state index contributed by atoms with van der Waals surface area (Å²) >= 11 is 0. The number of hydrogen-bond acceptors (Lipinski definition) is 3. The topological polar surface area (TPSA) is 61.7 Å². The Hall–Kier alpha value is -1.87. The van der Waals surface area contributed by atoms with Crippen molar-refractivity contribution in [3.05, 3.63) is 70.1 Å². The Kier molecular flexibility index (Phi) is 11.8. The summed E-state index contributed by atoms with van der Waals surface area (Å²) in [7, 11) is 0. The zero-order valence-corrected chi connectivity index (χ0v) is 21.8. The van der Waals surface area contributed by atoms with Crippen molar-refractivity contribution in [3.63, 3.8) is 0 Å². The highest BCUT2D eigenvalue weighted by Crippen LogP contribution is 2.15. The van der Waals surface area contributed by atoms with Crippen LogP contribution in [0, 0.1) is 5.92 Å². The molecule has 2 aromatic rings. The molecule has 3 rings (SSSR count). The van der Waals surface area contributed by atoms with E-state index in [4.69, 9.17) is 4.99 Å². The zero-order chi connectivity index (χ0) is 21.9. The molecule has 0 atom stereocenters. The average molecular weight is 552 g/mol. The number of benzene rings is 1. The van der Waals surface area contributed by atoms with E-state index in [1.54, 1.807) is 16.7 Å². The Morgan fingerprint density at radius 2 is 1.78 bits per heavy atom. The summed E-state index contributed by atoms with van der Waals surface area (Å²) in [6.07, 6.45) is 5.61. The minimum atomic E-state index is 0. The maximum atomic E-state index is 11.9. The van der Waals surface area contributed by atoms with Gasteiger partial charge in [-0.25, -0.2) is 4.99 Å². The molecule has 0 amide bonds. The predicted octanol–water partition coefficient (Wildman–Crippen LogP) is 3.69. The molecule has 0 bridgehead atoms. The fourth-order valence-corrected chi connectivity index (χ4v) is 3.85. The molecule has 0 spiro atoms. The maximum Gasteiger partial charge on any atom is 0.250 e. The Balaban J connectivity index is 0.00000363. The third-order valence-corrected chi connectivity index (χ3v) is 5.86. The standard InChI is InChI=1S/C25H37N5O.HI/c1-3-26-25(27-14-6-15-29-17-12-21(2)13-18-29)28-19-22-8-10-23(11-9-22)20-30-16-5-4-7-24(30)31;/h4-5,7-11,16,21H,3,6,12-15,17-20H2,1-2H3,(H2,26,27,28);1H. The molecule has 0 radical (unpaired) electrons. The molecule has 2 N–H and O–H groups in total. The normalized spacial score (nSPS) is 15.2. The summed E-state index contributed by atoms with van der Waals surface area (Å²) in [6, 6.07) is 13.6. The number of piperidine rings is 1.